The summed E-state index contributed by atoms with van der Waals surface area (Å²) in [5.41, 5.74) is 0.118. The number of alkyl carbamates (subject to hydrolysis) is 1. The van der Waals surface area contributed by atoms with Crippen molar-refractivity contribution < 1.29 is 23.8 Å². The molecule has 1 aliphatic rings. The predicted octanol–water partition coefficient (Wildman–Crippen LogP) is 3.12. The Morgan fingerprint density at radius 3 is 2.74 bits per heavy atom. The highest BCUT2D eigenvalue weighted by Gasteiger charge is 2.25. The summed E-state index contributed by atoms with van der Waals surface area (Å²) >= 11 is 0. The van der Waals surface area contributed by atoms with Crippen molar-refractivity contribution in [1.82, 2.24) is 10.6 Å². The Morgan fingerprint density at radius 2 is 2.11 bits per heavy atom. The normalized spacial score (nSPS) is 21.0. The number of aliphatic hydroxyl groups is 1. The first-order valence-corrected chi connectivity index (χ1v) is 9.47. The minimum atomic E-state index is -0.561. The summed E-state index contributed by atoms with van der Waals surface area (Å²) in [6.45, 7) is 7.88. The number of benzene rings is 1. The average Bonchev–Trinajstić information content (AvgIpc) is 2.96. The van der Waals surface area contributed by atoms with Crippen LogP contribution < -0.4 is 15.4 Å². The van der Waals surface area contributed by atoms with Gasteiger partial charge in [0.05, 0.1) is 12.6 Å². The third-order valence-corrected chi connectivity index (χ3v) is 4.32. The number of amides is 1. The number of ether oxygens (including phenoxy) is 2. The van der Waals surface area contributed by atoms with Gasteiger partial charge >= 0.3 is 6.09 Å². The molecule has 0 unspecified atom stereocenters. The number of rotatable bonds is 7. The summed E-state index contributed by atoms with van der Waals surface area (Å²) < 4.78 is 24.7. The topological polar surface area (TPSA) is 79.8 Å². The third-order valence-electron chi connectivity index (χ3n) is 4.32. The minimum absolute atomic E-state index is 0.0207. The fraction of sp³-hybridized carbons (Fsp3) is 0.650. The van der Waals surface area contributed by atoms with Gasteiger partial charge in [-0.25, -0.2) is 9.18 Å². The van der Waals surface area contributed by atoms with Gasteiger partial charge in [-0.15, -0.1) is 0 Å². The van der Waals surface area contributed by atoms with E-state index in [1.54, 1.807) is 26.8 Å². The summed E-state index contributed by atoms with van der Waals surface area (Å²) in [4.78, 5) is 11.7. The highest BCUT2D eigenvalue weighted by Crippen LogP contribution is 2.23. The first-order chi connectivity index (χ1) is 12.6. The highest BCUT2D eigenvalue weighted by molar-refractivity contribution is 5.67. The molecule has 27 heavy (non-hydrogen) atoms. The van der Waals surface area contributed by atoms with Crippen LogP contribution in [-0.4, -0.2) is 41.6 Å². The summed E-state index contributed by atoms with van der Waals surface area (Å²) in [6.07, 6.45) is 1.49. The molecule has 6 nitrogen and oxygen atoms in total. The maximum atomic E-state index is 13.7. The maximum Gasteiger partial charge on any atom is 0.407 e. The zero-order valence-electron chi connectivity index (χ0n) is 16.5. The van der Waals surface area contributed by atoms with Gasteiger partial charge < -0.3 is 25.2 Å². The molecule has 7 heteroatoms. The van der Waals surface area contributed by atoms with E-state index in [0.29, 0.717) is 17.9 Å². The summed E-state index contributed by atoms with van der Waals surface area (Å²) in [5.74, 6) is 0.209. The van der Waals surface area contributed by atoms with Crippen molar-refractivity contribution in [3.8, 4) is 5.75 Å². The van der Waals surface area contributed by atoms with Crippen LogP contribution in [0.15, 0.2) is 18.2 Å². The van der Waals surface area contributed by atoms with Crippen LogP contribution >= 0.6 is 0 Å². The quantitative estimate of drug-likeness (QED) is 0.675. The maximum absolute atomic E-state index is 13.7. The molecule has 3 atom stereocenters. The molecule has 1 aromatic rings. The molecule has 0 saturated heterocycles. The molecule has 0 spiro atoms. The number of carbonyl (C=O) groups excluding carboxylic acids is 1. The van der Waals surface area contributed by atoms with Gasteiger partial charge in [-0.3, -0.25) is 0 Å². The molecule has 0 aliphatic heterocycles. The van der Waals surface area contributed by atoms with Gasteiger partial charge in [-0.1, -0.05) is 0 Å². The van der Waals surface area contributed by atoms with E-state index in [9.17, 15) is 14.3 Å². The molecule has 1 aliphatic carbocycles. The van der Waals surface area contributed by atoms with Gasteiger partial charge in [0.25, 0.3) is 0 Å². The molecule has 1 amide bonds. The Labute approximate surface area is 160 Å². The zero-order chi connectivity index (χ0) is 20.0. The van der Waals surface area contributed by atoms with Crippen LogP contribution in [-0.2, 0) is 11.3 Å². The molecule has 152 valence electrons. The Bertz CT molecular complexity index is 633. The Kier molecular flexibility index (Phi) is 7.44. The van der Waals surface area contributed by atoms with Crippen molar-refractivity contribution >= 4 is 6.09 Å². The van der Waals surface area contributed by atoms with Gasteiger partial charge in [0.15, 0.2) is 0 Å². The lowest BCUT2D eigenvalue weighted by Crippen LogP contribution is -2.38. The van der Waals surface area contributed by atoms with Crippen LogP contribution in [0.2, 0.25) is 0 Å². The van der Waals surface area contributed by atoms with E-state index < -0.39 is 11.7 Å². The first kappa shape index (κ1) is 21.4. The van der Waals surface area contributed by atoms with Crippen LogP contribution in [0, 0.1) is 5.82 Å². The first-order valence-electron chi connectivity index (χ1n) is 9.47. The Balaban J connectivity index is 1.90. The fourth-order valence-electron chi connectivity index (χ4n) is 3.02. The van der Waals surface area contributed by atoms with Gasteiger partial charge in [-0.05, 0) is 65.2 Å². The second kappa shape index (κ2) is 9.37. The lowest BCUT2D eigenvalue weighted by atomic mass is 10.1. The van der Waals surface area contributed by atoms with E-state index in [2.05, 4.69) is 10.6 Å². The average molecular weight is 382 g/mol. The van der Waals surface area contributed by atoms with E-state index in [1.807, 2.05) is 6.92 Å². The summed E-state index contributed by atoms with van der Waals surface area (Å²) in [7, 11) is 0. The molecule has 1 saturated carbocycles. The monoisotopic (exact) mass is 382 g/mol. The van der Waals surface area contributed by atoms with Crippen molar-refractivity contribution in [3.05, 3.63) is 29.6 Å². The largest absolute Gasteiger partial charge is 0.489 e. The van der Waals surface area contributed by atoms with Crippen molar-refractivity contribution in [2.75, 3.05) is 6.54 Å². The summed E-state index contributed by atoms with van der Waals surface area (Å²) in [5, 5.41) is 15.9. The standard InChI is InChI=1S/C20H31FN2O4/c1-13(11-23-19(25)27-20(2,3)4)26-18-9-8-15(21)10-14(18)12-22-16-6-5-7-17(16)24/h8-10,13,16-17,22,24H,5-7,11-12H2,1-4H3,(H,23,25)/t13-,16+,17-/m0/s1. The number of carbonyl (C=O) groups is 1. The van der Waals surface area contributed by atoms with E-state index in [0.717, 1.165) is 19.3 Å². The second-order valence-corrected chi connectivity index (χ2v) is 8.05. The second-order valence-electron chi connectivity index (χ2n) is 8.05. The minimum Gasteiger partial charge on any atom is -0.489 e. The highest BCUT2D eigenvalue weighted by atomic mass is 19.1. The molecule has 2 rings (SSSR count). The lowest BCUT2D eigenvalue weighted by Gasteiger charge is -2.22. The lowest BCUT2D eigenvalue weighted by molar-refractivity contribution is 0.0505. The van der Waals surface area contributed by atoms with Gasteiger partial charge in [0.2, 0.25) is 0 Å². The Morgan fingerprint density at radius 1 is 1.37 bits per heavy atom. The molecule has 0 bridgehead atoms. The number of halogens is 1. The van der Waals surface area contributed by atoms with Gasteiger partial charge in [0, 0.05) is 18.2 Å². The number of hydrogen-bond donors (Lipinski definition) is 3. The molecular formula is C20H31FN2O4. The predicted molar refractivity (Wildman–Crippen MR) is 101 cm³/mol. The molecule has 1 fully saturated rings. The van der Waals surface area contributed by atoms with E-state index >= 15 is 0 Å². The van der Waals surface area contributed by atoms with Crippen LogP contribution in [0.5, 0.6) is 5.75 Å². The Hall–Kier alpha value is -1.86. The van der Waals surface area contributed by atoms with Crippen molar-refractivity contribution in [1.29, 1.82) is 0 Å². The molecule has 0 heterocycles. The molecule has 0 aromatic heterocycles. The number of hydrogen-bond acceptors (Lipinski definition) is 5. The van der Waals surface area contributed by atoms with E-state index in [-0.39, 0.29) is 30.6 Å². The molecular weight excluding hydrogens is 351 g/mol. The zero-order valence-corrected chi connectivity index (χ0v) is 16.5. The van der Waals surface area contributed by atoms with E-state index in [4.69, 9.17) is 9.47 Å². The van der Waals surface area contributed by atoms with Crippen molar-refractivity contribution in [2.45, 2.75) is 77.4 Å². The van der Waals surface area contributed by atoms with Gasteiger partial charge in [-0.2, -0.15) is 0 Å². The molecule has 0 radical (unpaired) electrons. The van der Waals surface area contributed by atoms with Crippen LogP contribution in [0.25, 0.3) is 0 Å². The smallest absolute Gasteiger partial charge is 0.407 e. The summed E-state index contributed by atoms with van der Waals surface area (Å²) in [6, 6.07) is 4.38. The fourth-order valence-corrected chi connectivity index (χ4v) is 3.02. The van der Waals surface area contributed by atoms with Gasteiger partial charge in [0.1, 0.15) is 23.3 Å². The molecule has 1 aromatic carbocycles. The SMILES string of the molecule is C[C@@H](CNC(=O)OC(C)(C)C)Oc1ccc(F)cc1CN[C@@H]1CCC[C@@H]1O. The van der Waals surface area contributed by atoms with Crippen molar-refractivity contribution in [3.63, 3.8) is 0 Å². The van der Waals surface area contributed by atoms with Crippen molar-refractivity contribution in [2.24, 2.45) is 0 Å². The van der Waals surface area contributed by atoms with Crippen LogP contribution in [0.4, 0.5) is 9.18 Å². The third kappa shape index (κ3) is 7.34. The van der Waals surface area contributed by atoms with E-state index in [1.165, 1.54) is 12.1 Å². The van der Waals surface area contributed by atoms with Crippen LogP contribution in [0.1, 0.15) is 52.5 Å². The van der Waals surface area contributed by atoms with Crippen LogP contribution in [0.3, 0.4) is 0 Å². The number of aliphatic hydroxyl groups excluding tert-OH is 1. The number of nitrogens with one attached hydrogen (secondary N) is 2. The molecule has 3 N–H and O–H groups in total.